The molecule has 1 heteroatoms. The average Bonchev–Trinajstić information content (AvgIpc) is 2.15. The Kier molecular flexibility index (Phi) is 4.11. The summed E-state index contributed by atoms with van der Waals surface area (Å²) in [6.07, 6.45) is 5.83. The molecule has 0 aromatic heterocycles. The molecule has 0 unspecified atom stereocenters. The van der Waals surface area contributed by atoms with E-state index in [4.69, 9.17) is 0 Å². The van der Waals surface area contributed by atoms with Crippen LogP contribution in [0.2, 0.25) is 0 Å². The zero-order valence-corrected chi connectivity index (χ0v) is 12.7. The summed E-state index contributed by atoms with van der Waals surface area (Å²) in [6.45, 7) is 18.4. The molecular formula is C16H29N. The molecule has 0 aromatic rings. The van der Waals surface area contributed by atoms with Gasteiger partial charge in [0.15, 0.2) is 0 Å². The summed E-state index contributed by atoms with van der Waals surface area (Å²) in [4.78, 5) is 2.44. The van der Waals surface area contributed by atoms with Gasteiger partial charge in [0.1, 0.15) is 0 Å². The second kappa shape index (κ2) is 4.88. The molecule has 0 bridgehead atoms. The van der Waals surface area contributed by atoms with E-state index in [0.717, 1.165) is 13.1 Å². The van der Waals surface area contributed by atoms with Crippen molar-refractivity contribution >= 4 is 0 Å². The Morgan fingerprint density at radius 3 is 2.06 bits per heavy atom. The van der Waals surface area contributed by atoms with Crippen molar-refractivity contribution in [1.29, 1.82) is 0 Å². The van der Waals surface area contributed by atoms with Crippen molar-refractivity contribution in [3.63, 3.8) is 0 Å². The summed E-state index contributed by atoms with van der Waals surface area (Å²) in [7, 11) is 0. The molecule has 1 aliphatic rings. The number of hydrogen-bond donors (Lipinski definition) is 0. The second-order valence-electron chi connectivity index (χ2n) is 7.18. The Balaban J connectivity index is 3.09. The van der Waals surface area contributed by atoms with Crippen LogP contribution < -0.4 is 0 Å². The van der Waals surface area contributed by atoms with Crippen LogP contribution in [0.4, 0.5) is 0 Å². The third-order valence-corrected chi connectivity index (χ3v) is 3.36. The summed E-state index contributed by atoms with van der Waals surface area (Å²) in [6, 6.07) is 0. The molecule has 0 saturated heterocycles. The first kappa shape index (κ1) is 14.3. The Morgan fingerprint density at radius 1 is 1.06 bits per heavy atom. The van der Waals surface area contributed by atoms with Crippen molar-refractivity contribution in [2.24, 2.45) is 10.8 Å². The van der Waals surface area contributed by atoms with Crippen molar-refractivity contribution in [3.05, 3.63) is 23.4 Å². The van der Waals surface area contributed by atoms with Gasteiger partial charge in [-0.3, -0.25) is 0 Å². The zero-order valence-electron chi connectivity index (χ0n) is 12.7. The van der Waals surface area contributed by atoms with Gasteiger partial charge in [0.25, 0.3) is 0 Å². The number of nitrogens with zero attached hydrogens (tertiary/aromatic N) is 1. The lowest BCUT2D eigenvalue weighted by atomic mass is 9.74. The lowest BCUT2D eigenvalue weighted by Crippen LogP contribution is -2.32. The predicted molar refractivity (Wildman–Crippen MR) is 76.9 cm³/mol. The van der Waals surface area contributed by atoms with Crippen molar-refractivity contribution in [2.45, 2.75) is 54.9 Å². The van der Waals surface area contributed by atoms with Gasteiger partial charge < -0.3 is 4.90 Å². The van der Waals surface area contributed by atoms with Crippen LogP contribution in [0.1, 0.15) is 54.9 Å². The maximum atomic E-state index is 2.44. The Labute approximate surface area is 108 Å². The van der Waals surface area contributed by atoms with Gasteiger partial charge in [-0.05, 0) is 40.7 Å². The molecule has 1 aliphatic heterocycles. The molecule has 1 rings (SSSR count). The molecule has 17 heavy (non-hydrogen) atoms. The van der Waals surface area contributed by atoms with E-state index < -0.39 is 0 Å². The Hall–Kier alpha value is -0.720. The zero-order chi connectivity index (χ0) is 13.3. The fourth-order valence-corrected chi connectivity index (χ4v) is 2.41. The van der Waals surface area contributed by atoms with Crippen LogP contribution in [-0.4, -0.2) is 18.0 Å². The first-order chi connectivity index (χ1) is 7.66. The SMILES string of the molecule is CCCN1C=CC(C(C)(C)C)=C(C(C)(C)C)C1. The minimum atomic E-state index is 0.247. The topological polar surface area (TPSA) is 3.24 Å². The highest BCUT2D eigenvalue weighted by molar-refractivity contribution is 5.37. The first-order valence-electron chi connectivity index (χ1n) is 6.82. The molecule has 98 valence electrons. The summed E-state index contributed by atoms with van der Waals surface area (Å²) >= 11 is 0. The van der Waals surface area contributed by atoms with Crippen molar-refractivity contribution in [2.75, 3.05) is 13.1 Å². The maximum Gasteiger partial charge on any atom is 0.0394 e. The number of hydrogen-bond acceptors (Lipinski definition) is 1. The minimum absolute atomic E-state index is 0.247. The maximum absolute atomic E-state index is 2.44. The van der Waals surface area contributed by atoms with E-state index in [1.807, 2.05) is 0 Å². The van der Waals surface area contributed by atoms with Gasteiger partial charge in [0.05, 0.1) is 0 Å². The van der Waals surface area contributed by atoms with E-state index in [0.29, 0.717) is 0 Å². The van der Waals surface area contributed by atoms with Gasteiger partial charge in [-0.2, -0.15) is 0 Å². The fraction of sp³-hybridized carbons (Fsp3) is 0.750. The molecule has 0 spiro atoms. The van der Waals surface area contributed by atoms with Gasteiger partial charge in [0.2, 0.25) is 0 Å². The average molecular weight is 235 g/mol. The third-order valence-electron chi connectivity index (χ3n) is 3.36. The molecule has 0 fully saturated rings. The van der Waals surface area contributed by atoms with E-state index in [1.165, 1.54) is 12.0 Å². The lowest BCUT2D eigenvalue weighted by molar-refractivity contribution is 0.340. The monoisotopic (exact) mass is 235 g/mol. The molecular weight excluding hydrogens is 206 g/mol. The molecule has 0 aliphatic carbocycles. The standard InChI is InChI=1S/C16H29N/c1-8-10-17-11-9-13(15(2,3)4)14(12-17)16(5,6)7/h9,11H,8,10,12H2,1-7H3. The van der Waals surface area contributed by atoms with Gasteiger partial charge in [-0.25, -0.2) is 0 Å². The molecule has 0 saturated carbocycles. The van der Waals surface area contributed by atoms with Crippen LogP contribution in [0.5, 0.6) is 0 Å². The number of rotatable bonds is 2. The molecule has 0 atom stereocenters. The van der Waals surface area contributed by atoms with Crippen LogP contribution in [-0.2, 0) is 0 Å². The molecule has 0 N–H and O–H groups in total. The van der Waals surface area contributed by atoms with Crippen LogP contribution in [0.15, 0.2) is 23.4 Å². The summed E-state index contributed by atoms with van der Waals surface area (Å²) < 4.78 is 0. The first-order valence-corrected chi connectivity index (χ1v) is 6.82. The van der Waals surface area contributed by atoms with Crippen LogP contribution >= 0.6 is 0 Å². The van der Waals surface area contributed by atoms with Gasteiger partial charge in [0, 0.05) is 13.1 Å². The summed E-state index contributed by atoms with van der Waals surface area (Å²) in [5, 5.41) is 0. The predicted octanol–water partition coefficient (Wildman–Crippen LogP) is 4.61. The van der Waals surface area contributed by atoms with E-state index in [1.54, 1.807) is 5.57 Å². The molecule has 0 aromatic carbocycles. The molecule has 0 radical (unpaired) electrons. The number of allylic oxidation sites excluding steroid dienone is 2. The molecule has 1 heterocycles. The van der Waals surface area contributed by atoms with E-state index in [2.05, 4.69) is 65.6 Å². The van der Waals surface area contributed by atoms with E-state index >= 15 is 0 Å². The van der Waals surface area contributed by atoms with Gasteiger partial charge in [-0.15, -0.1) is 0 Å². The normalized spacial score (nSPS) is 17.9. The second-order valence-corrected chi connectivity index (χ2v) is 7.18. The van der Waals surface area contributed by atoms with Crippen molar-refractivity contribution in [1.82, 2.24) is 4.90 Å². The van der Waals surface area contributed by atoms with Crippen LogP contribution in [0, 0.1) is 10.8 Å². The van der Waals surface area contributed by atoms with E-state index in [-0.39, 0.29) is 10.8 Å². The lowest BCUT2D eigenvalue weighted by Gasteiger charge is -2.38. The third kappa shape index (κ3) is 3.62. The van der Waals surface area contributed by atoms with Crippen LogP contribution in [0.25, 0.3) is 0 Å². The Morgan fingerprint density at radius 2 is 1.65 bits per heavy atom. The molecule has 1 nitrogen and oxygen atoms in total. The van der Waals surface area contributed by atoms with Crippen LogP contribution in [0.3, 0.4) is 0 Å². The van der Waals surface area contributed by atoms with Gasteiger partial charge >= 0.3 is 0 Å². The largest absolute Gasteiger partial charge is 0.373 e. The highest BCUT2D eigenvalue weighted by atomic mass is 15.1. The summed E-state index contributed by atoms with van der Waals surface area (Å²) in [5.74, 6) is 0. The summed E-state index contributed by atoms with van der Waals surface area (Å²) in [5.41, 5.74) is 3.63. The fourth-order valence-electron chi connectivity index (χ4n) is 2.41. The molecule has 0 amide bonds. The quantitative estimate of drug-likeness (QED) is 0.675. The minimum Gasteiger partial charge on any atom is -0.373 e. The van der Waals surface area contributed by atoms with E-state index in [9.17, 15) is 0 Å². The van der Waals surface area contributed by atoms with Gasteiger partial charge in [-0.1, -0.05) is 48.5 Å². The smallest absolute Gasteiger partial charge is 0.0394 e. The highest BCUT2D eigenvalue weighted by Crippen LogP contribution is 2.39. The van der Waals surface area contributed by atoms with Crippen molar-refractivity contribution in [3.8, 4) is 0 Å². The highest BCUT2D eigenvalue weighted by Gasteiger charge is 2.29. The van der Waals surface area contributed by atoms with Crippen molar-refractivity contribution < 1.29 is 0 Å². The Bertz CT molecular complexity index is 320.